The molecular weight excluding hydrogens is 907 g/mol. The second-order valence-electron chi connectivity index (χ2n) is 18.3. The van der Waals surface area contributed by atoms with E-state index in [1.54, 1.807) is 44.2 Å². The molecule has 1 aliphatic heterocycles. The van der Waals surface area contributed by atoms with Gasteiger partial charge in [-0.15, -0.1) is 0 Å². The molecule has 1 aromatic carbocycles. The van der Waals surface area contributed by atoms with E-state index in [-0.39, 0.29) is 87.7 Å². The van der Waals surface area contributed by atoms with Gasteiger partial charge in [-0.1, -0.05) is 58.0 Å². The number of benzene rings is 1. The van der Waals surface area contributed by atoms with Crippen LogP contribution < -0.4 is 71.2 Å². The Hall–Kier alpha value is -6.56. The number of amides is 7. The van der Waals surface area contributed by atoms with Gasteiger partial charge in [0.2, 0.25) is 41.4 Å². The van der Waals surface area contributed by atoms with Crippen LogP contribution in [0.5, 0.6) is 0 Å². The highest BCUT2D eigenvalue weighted by molar-refractivity contribution is 5.97. The van der Waals surface area contributed by atoms with Crippen LogP contribution in [0, 0.1) is 11.8 Å². The van der Waals surface area contributed by atoms with Gasteiger partial charge in [-0.3, -0.25) is 48.3 Å². The van der Waals surface area contributed by atoms with Crippen molar-refractivity contribution in [1.82, 2.24) is 42.5 Å². The maximum absolute atomic E-state index is 14.4. The lowest BCUT2D eigenvalue weighted by Gasteiger charge is -2.29. The van der Waals surface area contributed by atoms with Crippen LogP contribution in [0.15, 0.2) is 40.3 Å². The van der Waals surface area contributed by atoms with E-state index in [4.69, 9.17) is 28.7 Å². The summed E-state index contributed by atoms with van der Waals surface area (Å²) < 4.78 is 0. The highest BCUT2D eigenvalue weighted by atomic mass is 16.4. The van der Waals surface area contributed by atoms with Gasteiger partial charge in [0.15, 0.2) is 11.9 Å². The summed E-state index contributed by atoms with van der Waals surface area (Å²) in [5, 5.41) is 31.4. The van der Waals surface area contributed by atoms with Crippen molar-refractivity contribution in [3.05, 3.63) is 35.9 Å². The Kier molecular flexibility index (Phi) is 26.8. The van der Waals surface area contributed by atoms with Crippen LogP contribution in [-0.2, 0) is 44.8 Å². The van der Waals surface area contributed by atoms with E-state index < -0.39 is 89.7 Å². The van der Waals surface area contributed by atoms with Crippen molar-refractivity contribution in [2.24, 2.45) is 50.5 Å². The van der Waals surface area contributed by atoms with Crippen molar-refractivity contribution in [2.45, 2.75) is 154 Å². The molecule has 2 rings (SSSR count). The number of aliphatic imine (C=N–C) groups is 2. The summed E-state index contributed by atoms with van der Waals surface area (Å²) in [6.07, 6.45) is 2.93. The van der Waals surface area contributed by atoms with E-state index in [0.717, 1.165) is 6.42 Å². The molecule has 0 aromatic heterocycles. The standard InChI is InChI=1S/C46H79N15O9/c1-26(2)24-34(42(67)60-35(25-29-14-7-6-8-15-29)41(66)55-28(5)44(69)70)59-40(65)33(19-13-23-54-46(50)51)57-39(64)32(18-12-22-53-45(48)49)56-38(63)31(16-9-10-20-47)58-43(68)36(27(3)4)61-37(62)30-17-11-21-52-30/h6-8,14-15,26-28,30-36,52H,9-13,16-25,47H2,1-5H3,(H,55,66)(H,56,63)(H,57,64)(H,58,68)(H,59,65)(H,60,67)(H,61,62)(H,69,70)(H4,48,49,53)(H4,50,51,54)/t28-,30-,31-,32-,33-,34-,35-,36-/m0/s1. The first kappa shape index (κ1) is 59.6. The number of nitrogens with one attached hydrogen (secondary N) is 8. The number of hydrogen-bond acceptors (Lipinski definition) is 12. The summed E-state index contributed by atoms with van der Waals surface area (Å²) in [6.45, 7) is 9.59. The minimum absolute atomic E-state index is 0.00255. The second-order valence-corrected chi connectivity index (χ2v) is 18.3. The first-order valence-electron chi connectivity index (χ1n) is 24.1. The highest BCUT2D eigenvalue weighted by Gasteiger charge is 2.35. The summed E-state index contributed by atoms with van der Waals surface area (Å²) in [4.78, 5) is 117. The number of nitrogens with zero attached hydrogens (tertiary/aromatic N) is 2. The van der Waals surface area contributed by atoms with Crippen molar-refractivity contribution < 1.29 is 43.5 Å². The van der Waals surface area contributed by atoms with Crippen molar-refractivity contribution in [1.29, 1.82) is 0 Å². The maximum Gasteiger partial charge on any atom is 0.325 e. The van der Waals surface area contributed by atoms with Crippen LogP contribution in [0.1, 0.15) is 104 Å². The molecular formula is C46H79N15O9. The molecule has 24 nitrogen and oxygen atoms in total. The lowest BCUT2D eigenvalue weighted by Crippen LogP contribution is -2.60. The van der Waals surface area contributed by atoms with Gasteiger partial charge < -0.3 is 76.3 Å². The van der Waals surface area contributed by atoms with Crippen LogP contribution in [-0.4, -0.2) is 139 Å². The molecule has 1 saturated heterocycles. The molecule has 1 aromatic rings. The summed E-state index contributed by atoms with van der Waals surface area (Å²) in [7, 11) is 0. The first-order chi connectivity index (χ1) is 33.1. The maximum atomic E-state index is 14.4. The van der Waals surface area contributed by atoms with E-state index in [2.05, 4.69) is 52.5 Å². The molecule has 392 valence electrons. The minimum Gasteiger partial charge on any atom is -0.480 e. The highest BCUT2D eigenvalue weighted by Crippen LogP contribution is 2.13. The number of carbonyl (C=O) groups is 8. The Morgan fingerprint density at radius 3 is 1.56 bits per heavy atom. The molecule has 8 atom stereocenters. The van der Waals surface area contributed by atoms with Gasteiger partial charge in [-0.2, -0.15) is 0 Å². The van der Waals surface area contributed by atoms with Crippen molar-refractivity contribution in [2.75, 3.05) is 26.2 Å². The largest absolute Gasteiger partial charge is 0.480 e. The summed E-state index contributed by atoms with van der Waals surface area (Å²) >= 11 is 0. The van der Waals surface area contributed by atoms with E-state index in [9.17, 15) is 43.5 Å². The summed E-state index contributed by atoms with van der Waals surface area (Å²) in [5.74, 6) is -6.91. The fourth-order valence-corrected chi connectivity index (χ4v) is 7.49. The molecule has 0 saturated carbocycles. The minimum atomic E-state index is -1.33. The predicted octanol–water partition coefficient (Wildman–Crippen LogP) is -2.58. The quantitative estimate of drug-likeness (QED) is 0.0200. The van der Waals surface area contributed by atoms with E-state index in [1.165, 1.54) is 6.92 Å². The van der Waals surface area contributed by atoms with Crippen LogP contribution in [0.2, 0.25) is 0 Å². The third-order valence-electron chi connectivity index (χ3n) is 11.3. The molecule has 70 heavy (non-hydrogen) atoms. The predicted molar refractivity (Wildman–Crippen MR) is 265 cm³/mol. The lowest BCUT2D eigenvalue weighted by atomic mass is 10.00. The molecule has 0 aliphatic carbocycles. The Morgan fingerprint density at radius 1 is 0.629 bits per heavy atom. The number of carboxylic acids is 1. The number of aliphatic carboxylic acids is 1. The van der Waals surface area contributed by atoms with Gasteiger partial charge >= 0.3 is 5.97 Å². The van der Waals surface area contributed by atoms with Crippen molar-refractivity contribution in [3.63, 3.8) is 0 Å². The molecule has 0 bridgehead atoms. The Morgan fingerprint density at radius 2 is 1.10 bits per heavy atom. The zero-order chi connectivity index (χ0) is 52.3. The topological polar surface area (TPSA) is 408 Å². The number of hydrogen-bond donors (Lipinski definition) is 14. The average molecular weight is 986 g/mol. The molecule has 1 fully saturated rings. The second kappa shape index (κ2) is 31.5. The lowest BCUT2D eigenvalue weighted by molar-refractivity contribution is -0.141. The molecule has 0 spiro atoms. The number of unbranched alkanes of at least 4 members (excludes halogenated alkanes) is 1. The summed E-state index contributed by atoms with van der Waals surface area (Å²) in [5.41, 5.74) is 28.6. The van der Waals surface area contributed by atoms with Gasteiger partial charge in [-0.25, -0.2) is 0 Å². The van der Waals surface area contributed by atoms with E-state index >= 15 is 0 Å². The third-order valence-corrected chi connectivity index (χ3v) is 11.3. The Balaban J connectivity index is 2.47. The fourth-order valence-electron chi connectivity index (χ4n) is 7.49. The van der Waals surface area contributed by atoms with Gasteiger partial charge in [-0.05, 0) is 102 Å². The smallest absolute Gasteiger partial charge is 0.325 e. The van der Waals surface area contributed by atoms with Crippen molar-refractivity contribution in [3.8, 4) is 0 Å². The first-order valence-corrected chi connectivity index (χ1v) is 24.1. The van der Waals surface area contributed by atoms with Crippen LogP contribution in [0.3, 0.4) is 0 Å². The van der Waals surface area contributed by atoms with E-state index in [0.29, 0.717) is 37.9 Å². The summed E-state index contributed by atoms with van der Waals surface area (Å²) in [6, 6.07) is -0.229. The van der Waals surface area contributed by atoms with Crippen LogP contribution in [0.25, 0.3) is 0 Å². The number of carbonyl (C=O) groups excluding carboxylic acids is 7. The molecule has 0 radical (unpaired) electrons. The zero-order valence-electron chi connectivity index (χ0n) is 41.3. The van der Waals surface area contributed by atoms with Gasteiger partial charge in [0.1, 0.15) is 42.3 Å². The van der Waals surface area contributed by atoms with Crippen molar-refractivity contribution >= 4 is 59.2 Å². The number of guanidine groups is 2. The van der Waals surface area contributed by atoms with Crippen LogP contribution >= 0.6 is 0 Å². The normalized spacial score (nSPS) is 16.2. The molecule has 24 heteroatoms. The molecule has 19 N–H and O–H groups in total. The fraction of sp³-hybridized carbons (Fsp3) is 0.652. The van der Waals surface area contributed by atoms with Gasteiger partial charge in [0.25, 0.3) is 0 Å². The third kappa shape index (κ3) is 22.7. The molecule has 7 amide bonds. The Labute approximate surface area is 410 Å². The number of nitrogens with two attached hydrogens (primary N) is 5. The van der Waals surface area contributed by atoms with Crippen LogP contribution in [0.4, 0.5) is 0 Å². The molecule has 1 aliphatic rings. The number of rotatable bonds is 32. The van der Waals surface area contributed by atoms with E-state index in [1.807, 2.05) is 13.8 Å². The Bertz CT molecular complexity index is 1920. The monoisotopic (exact) mass is 986 g/mol. The molecule has 0 unspecified atom stereocenters. The van der Waals surface area contributed by atoms with Gasteiger partial charge in [0, 0.05) is 19.5 Å². The number of carboxylic acid groups (broad SMARTS) is 1. The SMILES string of the molecule is CC(C)C[C@H](NC(=O)[C@H](CCCN=C(N)N)NC(=O)[C@H](CCCN=C(N)N)NC(=O)[C@H](CCCCN)NC(=O)[C@@H](NC(=O)[C@@H]1CCCN1)C(C)C)C(=O)N[C@@H](Cc1ccccc1)C(=O)N[C@@H](C)C(=O)O. The zero-order valence-corrected chi connectivity index (χ0v) is 41.3. The average Bonchev–Trinajstić information content (AvgIpc) is 3.84. The van der Waals surface area contributed by atoms with Gasteiger partial charge in [0.05, 0.1) is 6.04 Å². The molecule has 1 heterocycles.